The van der Waals surface area contributed by atoms with Crippen LogP contribution in [0.2, 0.25) is 0 Å². The van der Waals surface area contributed by atoms with E-state index < -0.39 is 9.84 Å². The van der Waals surface area contributed by atoms with E-state index in [1.165, 1.54) is 0 Å². The lowest BCUT2D eigenvalue weighted by Crippen LogP contribution is -2.34. The summed E-state index contributed by atoms with van der Waals surface area (Å²) in [5.41, 5.74) is 2.06. The Balaban J connectivity index is 2.01. The number of hydrogen-bond acceptors (Lipinski definition) is 4. The third kappa shape index (κ3) is 4.19. The topological polar surface area (TPSA) is 59.3 Å². The molecule has 2 unspecified atom stereocenters. The highest BCUT2D eigenvalue weighted by molar-refractivity contribution is 7.91. The van der Waals surface area contributed by atoms with Gasteiger partial charge in [0, 0.05) is 17.6 Å². The summed E-state index contributed by atoms with van der Waals surface area (Å²) in [4.78, 5) is 0.373. The Labute approximate surface area is 126 Å². The summed E-state index contributed by atoms with van der Waals surface area (Å²) in [5, 5.41) is 3.28. The number of rotatable bonds is 6. The van der Waals surface area contributed by atoms with Crippen LogP contribution in [0.5, 0.6) is 0 Å². The Hall–Kier alpha value is -1.59. The van der Waals surface area contributed by atoms with Crippen molar-refractivity contribution >= 4 is 9.84 Å². The summed E-state index contributed by atoms with van der Waals surface area (Å²) in [7, 11) is -3.28. The third-order valence-corrected chi connectivity index (χ3v) is 5.36. The maximum Gasteiger partial charge on any atom is 0.179 e. The molecule has 1 aromatic heterocycles. The largest absolute Gasteiger partial charge is 0.472 e. The zero-order chi connectivity index (χ0) is 15.5. The molecule has 0 aliphatic carbocycles. The number of furan rings is 1. The van der Waals surface area contributed by atoms with Crippen molar-refractivity contribution in [3.8, 4) is 0 Å². The summed E-state index contributed by atoms with van der Waals surface area (Å²) >= 11 is 0. The highest BCUT2D eigenvalue weighted by atomic mass is 32.2. The minimum absolute atomic E-state index is 0.0481. The van der Waals surface area contributed by atoms with E-state index in [-0.39, 0.29) is 17.8 Å². The van der Waals surface area contributed by atoms with Crippen molar-refractivity contribution in [3.63, 3.8) is 0 Å². The Bertz CT molecular complexity index is 660. The average molecular weight is 307 g/mol. The standard InChI is InChI=1S/C16H21NO3S/c1-12-4-6-16(7-5-12)21(18,19)11-13(2)17-14(3)15-8-9-20-10-15/h4-10,13-14,17H,11H2,1-3H3. The minimum atomic E-state index is -3.28. The number of sulfone groups is 1. The van der Waals surface area contributed by atoms with Gasteiger partial charge in [0.25, 0.3) is 0 Å². The third-order valence-electron chi connectivity index (χ3n) is 3.43. The van der Waals surface area contributed by atoms with Gasteiger partial charge in [0.1, 0.15) is 0 Å². The summed E-state index contributed by atoms with van der Waals surface area (Å²) in [6.45, 7) is 5.80. The van der Waals surface area contributed by atoms with Gasteiger partial charge in [-0.1, -0.05) is 17.7 Å². The summed E-state index contributed by atoms with van der Waals surface area (Å²) in [6.07, 6.45) is 3.28. The molecule has 1 aromatic carbocycles. The van der Waals surface area contributed by atoms with Crippen molar-refractivity contribution in [2.45, 2.75) is 37.8 Å². The fraction of sp³-hybridized carbons (Fsp3) is 0.375. The lowest BCUT2D eigenvalue weighted by molar-refractivity contribution is 0.491. The van der Waals surface area contributed by atoms with Crippen LogP contribution in [0.25, 0.3) is 0 Å². The van der Waals surface area contributed by atoms with Crippen molar-refractivity contribution in [2.24, 2.45) is 0 Å². The summed E-state index contributed by atoms with van der Waals surface area (Å²) in [6, 6.07) is 8.73. The van der Waals surface area contributed by atoms with E-state index >= 15 is 0 Å². The fourth-order valence-corrected chi connectivity index (χ4v) is 3.76. The molecular formula is C16H21NO3S. The van der Waals surface area contributed by atoms with Crippen LogP contribution in [0.3, 0.4) is 0 Å². The van der Waals surface area contributed by atoms with Crippen molar-refractivity contribution in [1.82, 2.24) is 5.32 Å². The van der Waals surface area contributed by atoms with Crippen molar-refractivity contribution in [3.05, 3.63) is 54.0 Å². The number of hydrogen-bond donors (Lipinski definition) is 1. The highest BCUT2D eigenvalue weighted by Crippen LogP contribution is 2.16. The first kappa shape index (κ1) is 15.8. The van der Waals surface area contributed by atoms with Gasteiger partial charge in [0.2, 0.25) is 0 Å². The van der Waals surface area contributed by atoms with Gasteiger partial charge < -0.3 is 9.73 Å². The molecule has 0 saturated heterocycles. The van der Waals surface area contributed by atoms with Crippen LogP contribution in [-0.4, -0.2) is 20.2 Å². The van der Waals surface area contributed by atoms with E-state index in [1.807, 2.05) is 39.0 Å². The van der Waals surface area contributed by atoms with Crippen LogP contribution in [0, 0.1) is 6.92 Å². The molecule has 0 fully saturated rings. The molecule has 0 amide bonds. The van der Waals surface area contributed by atoms with E-state index in [2.05, 4.69) is 5.32 Å². The van der Waals surface area contributed by atoms with Crippen molar-refractivity contribution in [1.29, 1.82) is 0 Å². The molecule has 2 aromatic rings. The Morgan fingerprint density at radius 1 is 1.14 bits per heavy atom. The second-order valence-electron chi connectivity index (χ2n) is 5.44. The van der Waals surface area contributed by atoms with Gasteiger partial charge in [0.15, 0.2) is 9.84 Å². The molecule has 4 nitrogen and oxygen atoms in total. The highest BCUT2D eigenvalue weighted by Gasteiger charge is 2.20. The SMILES string of the molecule is Cc1ccc(S(=O)(=O)CC(C)NC(C)c2ccoc2)cc1. The Morgan fingerprint density at radius 3 is 2.38 bits per heavy atom. The lowest BCUT2D eigenvalue weighted by Gasteiger charge is -2.19. The Kier molecular flexibility index (Phi) is 4.85. The summed E-state index contributed by atoms with van der Waals surface area (Å²) in [5.74, 6) is 0.0677. The van der Waals surface area contributed by atoms with E-state index in [0.29, 0.717) is 4.90 Å². The average Bonchev–Trinajstić information content (AvgIpc) is 2.92. The quantitative estimate of drug-likeness (QED) is 0.891. The molecule has 0 aliphatic rings. The van der Waals surface area contributed by atoms with Gasteiger partial charge in [0.05, 0.1) is 23.2 Å². The van der Waals surface area contributed by atoms with Gasteiger partial charge in [-0.05, 0) is 39.0 Å². The molecule has 114 valence electrons. The number of aryl methyl sites for hydroxylation is 1. The maximum absolute atomic E-state index is 12.4. The van der Waals surface area contributed by atoms with Gasteiger partial charge in [-0.2, -0.15) is 0 Å². The van der Waals surface area contributed by atoms with Crippen LogP contribution < -0.4 is 5.32 Å². The van der Waals surface area contributed by atoms with Crippen LogP contribution in [0.4, 0.5) is 0 Å². The molecule has 0 saturated carbocycles. The normalized spacial score (nSPS) is 14.8. The fourth-order valence-electron chi connectivity index (χ4n) is 2.26. The van der Waals surface area contributed by atoms with Gasteiger partial charge >= 0.3 is 0 Å². The predicted molar refractivity (Wildman–Crippen MR) is 83.0 cm³/mol. The molecule has 5 heteroatoms. The monoisotopic (exact) mass is 307 g/mol. The van der Waals surface area contributed by atoms with Crippen LogP contribution in [0.1, 0.15) is 31.0 Å². The Morgan fingerprint density at radius 2 is 1.81 bits per heavy atom. The van der Waals surface area contributed by atoms with E-state index in [0.717, 1.165) is 11.1 Å². The molecule has 0 radical (unpaired) electrons. The molecule has 0 aliphatic heterocycles. The smallest absolute Gasteiger partial charge is 0.179 e. The minimum Gasteiger partial charge on any atom is -0.472 e. The molecule has 21 heavy (non-hydrogen) atoms. The molecule has 0 spiro atoms. The maximum atomic E-state index is 12.4. The predicted octanol–water partition coefficient (Wildman–Crippen LogP) is 3.10. The molecule has 2 rings (SSSR count). The van der Waals surface area contributed by atoms with Gasteiger partial charge in [-0.25, -0.2) is 8.42 Å². The van der Waals surface area contributed by atoms with Crippen molar-refractivity contribution < 1.29 is 12.8 Å². The zero-order valence-electron chi connectivity index (χ0n) is 12.5. The second kappa shape index (κ2) is 6.45. The first-order valence-electron chi connectivity index (χ1n) is 6.96. The summed E-state index contributed by atoms with van der Waals surface area (Å²) < 4.78 is 29.8. The first-order valence-corrected chi connectivity index (χ1v) is 8.61. The lowest BCUT2D eigenvalue weighted by atomic mass is 10.1. The van der Waals surface area contributed by atoms with E-state index in [1.54, 1.807) is 24.7 Å². The zero-order valence-corrected chi connectivity index (χ0v) is 13.4. The van der Waals surface area contributed by atoms with Crippen LogP contribution in [0.15, 0.2) is 52.2 Å². The van der Waals surface area contributed by atoms with Gasteiger partial charge in [-0.3, -0.25) is 0 Å². The molecule has 2 atom stereocenters. The van der Waals surface area contributed by atoms with E-state index in [9.17, 15) is 8.42 Å². The second-order valence-corrected chi connectivity index (χ2v) is 7.47. The van der Waals surface area contributed by atoms with E-state index in [4.69, 9.17) is 4.42 Å². The molecule has 0 bridgehead atoms. The molecule has 1 heterocycles. The number of benzene rings is 1. The molecular weight excluding hydrogens is 286 g/mol. The molecule has 1 N–H and O–H groups in total. The number of nitrogens with one attached hydrogen (secondary N) is 1. The van der Waals surface area contributed by atoms with Gasteiger partial charge in [-0.15, -0.1) is 0 Å². The first-order chi connectivity index (χ1) is 9.88. The van der Waals surface area contributed by atoms with Crippen LogP contribution in [-0.2, 0) is 9.84 Å². The van der Waals surface area contributed by atoms with Crippen LogP contribution >= 0.6 is 0 Å². The van der Waals surface area contributed by atoms with Crippen molar-refractivity contribution in [2.75, 3.05) is 5.75 Å².